The van der Waals surface area contributed by atoms with E-state index < -0.39 is 11.8 Å². The molecular formula is C25H25FN2O2. The molecule has 0 atom stereocenters. The second-order valence-corrected chi connectivity index (χ2v) is 8.76. The molecule has 4 rings (SSSR count). The highest BCUT2D eigenvalue weighted by Crippen LogP contribution is 2.38. The van der Waals surface area contributed by atoms with Crippen LogP contribution in [0.3, 0.4) is 0 Å². The monoisotopic (exact) mass is 404 g/mol. The van der Waals surface area contributed by atoms with Crippen LogP contribution in [-0.4, -0.2) is 16.2 Å². The predicted molar refractivity (Wildman–Crippen MR) is 116 cm³/mol. The van der Waals surface area contributed by atoms with E-state index in [1.54, 1.807) is 0 Å². The number of carbonyl (C=O) groups excluding carboxylic acids is 1. The van der Waals surface area contributed by atoms with E-state index in [1.165, 1.54) is 35.5 Å². The first-order chi connectivity index (χ1) is 14.2. The molecule has 2 aromatic carbocycles. The largest absolute Gasteiger partial charge is 0.365 e. The van der Waals surface area contributed by atoms with Gasteiger partial charge in [-0.25, -0.2) is 9.18 Å². The molecule has 0 spiro atoms. The van der Waals surface area contributed by atoms with Crippen molar-refractivity contribution in [1.82, 2.24) is 4.57 Å². The van der Waals surface area contributed by atoms with Gasteiger partial charge in [0, 0.05) is 22.6 Å². The van der Waals surface area contributed by atoms with Crippen LogP contribution in [0.15, 0.2) is 59.8 Å². The van der Waals surface area contributed by atoms with Crippen LogP contribution in [0.4, 0.5) is 4.39 Å². The van der Waals surface area contributed by atoms with Gasteiger partial charge in [-0.3, -0.25) is 0 Å². The van der Waals surface area contributed by atoms with E-state index in [0.717, 1.165) is 29.1 Å². The van der Waals surface area contributed by atoms with Crippen LogP contribution in [0.2, 0.25) is 0 Å². The Morgan fingerprint density at radius 2 is 1.70 bits per heavy atom. The number of hydrogen-bond donors (Lipinski definition) is 0. The van der Waals surface area contributed by atoms with Crippen LogP contribution in [-0.2, 0) is 11.3 Å². The minimum absolute atomic E-state index is 0.0264. The van der Waals surface area contributed by atoms with Gasteiger partial charge < -0.3 is 9.40 Å². The molecule has 0 N–H and O–H groups in total. The second kappa shape index (κ2) is 7.56. The fourth-order valence-electron chi connectivity index (χ4n) is 4.05. The van der Waals surface area contributed by atoms with Crippen molar-refractivity contribution in [3.8, 4) is 5.69 Å². The first-order valence-corrected chi connectivity index (χ1v) is 10.1. The highest BCUT2D eigenvalue weighted by Gasteiger charge is 2.33. The summed E-state index contributed by atoms with van der Waals surface area (Å²) in [6.07, 6.45) is 1.60. The van der Waals surface area contributed by atoms with Crippen LogP contribution in [0.1, 0.15) is 53.1 Å². The third-order valence-corrected chi connectivity index (χ3v) is 5.50. The lowest BCUT2D eigenvalue weighted by Crippen LogP contribution is -2.28. The third kappa shape index (κ3) is 3.92. The Morgan fingerprint density at radius 1 is 1.03 bits per heavy atom. The predicted octanol–water partition coefficient (Wildman–Crippen LogP) is 5.77. The van der Waals surface area contributed by atoms with Crippen LogP contribution < -0.4 is 0 Å². The van der Waals surface area contributed by atoms with E-state index in [1.807, 2.05) is 0 Å². The van der Waals surface area contributed by atoms with E-state index in [-0.39, 0.29) is 11.0 Å². The summed E-state index contributed by atoms with van der Waals surface area (Å²) >= 11 is 0. The number of benzene rings is 2. The molecule has 5 heteroatoms. The molecule has 1 aliphatic carbocycles. The minimum Gasteiger partial charge on any atom is -0.318 e. The van der Waals surface area contributed by atoms with Crippen molar-refractivity contribution in [3.63, 3.8) is 0 Å². The van der Waals surface area contributed by atoms with Crippen molar-refractivity contribution in [3.05, 3.63) is 88.5 Å². The standard InChI is InChI=1S/C25H25FN2O2/c1-16-5-11-20(12-6-16)28-17(2)13-21-22(14-25(3,4)15-23(21)28)27-30-24(29)18-7-9-19(26)10-8-18/h5-13H,14-15H2,1-4H3/b27-22+. The molecular weight excluding hydrogens is 379 g/mol. The fraction of sp³-hybridized carbons (Fsp3) is 0.280. The van der Waals surface area contributed by atoms with Gasteiger partial charge >= 0.3 is 5.97 Å². The summed E-state index contributed by atoms with van der Waals surface area (Å²) in [4.78, 5) is 17.6. The highest BCUT2D eigenvalue weighted by molar-refractivity contribution is 6.03. The first-order valence-electron chi connectivity index (χ1n) is 10.1. The summed E-state index contributed by atoms with van der Waals surface area (Å²) in [6, 6.07) is 15.8. The number of fused-ring (bicyclic) bond motifs is 1. The maximum absolute atomic E-state index is 13.1. The molecule has 0 bridgehead atoms. The molecule has 0 saturated heterocycles. The maximum atomic E-state index is 13.1. The van der Waals surface area contributed by atoms with Gasteiger partial charge in [-0.2, -0.15) is 0 Å². The smallest absolute Gasteiger partial charge is 0.318 e. The molecule has 0 radical (unpaired) electrons. The maximum Gasteiger partial charge on any atom is 0.365 e. The van der Waals surface area contributed by atoms with Gasteiger partial charge in [0.2, 0.25) is 0 Å². The SMILES string of the molecule is Cc1ccc(-n2c(C)cc3c2CC(C)(C)C/C3=N\OC(=O)c2ccc(F)cc2)cc1. The third-order valence-electron chi connectivity index (χ3n) is 5.50. The summed E-state index contributed by atoms with van der Waals surface area (Å²) in [6.45, 7) is 8.53. The number of oxime groups is 1. The molecule has 4 nitrogen and oxygen atoms in total. The molecule has 30 heavy (non-hydrogen) atoms. The molecule has 3 aromatic rings. The summed E-state index contributed by atoms with van der Waals surface area (Å²) in [5, 5.41) is 4.24. The van der Waals surface area contributed by atoms with Crippen LogP contribution >= 0.6 is 0 Å². The Balaban J connectivity index is 1.70. The Kier molecular flexibility index (Phi) is 5.06. The highest BCUT2D eigenvalue weighted by atomic mass is 19.1. The molecule has 1 heterocycles. The van der Waals surface area contributed by atoms with Gasteiger partial charge in [0.25, 0.3) is 0 Å². The molecule has 0 saturated carbocycles. The number of hydrogen-bond acceptors (Lipinski definition) is 3. The van der Waals surface area contributed by atoms with Gasteiger partial charge in [-0.15, -0.1) is 0 Å². The zero-order chi connectivity index (χ0) is 21.5. The number of halogens is 1. The van der Waals surface area contributed by atoms with Gasteiger partial charge in [-0.05, 0) is 74.6 Å². The lowest BCUT2D eigenvalue weighted by atomic mass is 9.76. The zero-order valence-electron chi connectivity index (χ0n) is 17.7. The molecule has 1 aliphatic rings. The summed E-state index contributed by atoms with van der Waals surface area (Å²) in [5.74, 6) is -0.994. The summed E-state index contributed by atoms with van der Waals surface area (Å²) in [7, 11) is 0. The molecule has 0 aliphatic heterocycles. The van der Waals surface area contributed by atoms with Crippen molar-refractivity contribution >= 4 is 11.7 Å². The molecule has 1 aromatic heterocycles. The summed E-state index contributed by atoms with van der Waals surface area (Å²) < 4.78 is 15.4. The van der Waals surface area contributed by atoms with E-state index >= 15 is 0 Å². The Labute approximate surface area is 176 Å². The number of aryl methyl sites for hydroxylation is 2. The quantitative estimate of drug-likeness (QED) is 0.411. The molecule has 0 unspecified atom stereocenters. The zero-order valence-corrected chi connectivity index (χ0v) is 17.7. The molecule has 0 amide bonds. The number of aromatic nitrogens is 1. The van der Waals surface area contributed by atoms with Crippen molar-refractivity contribution in [2.45, 2.75) is 40.5 Å². The van der Waals surface area contributed by atoms with Crippen LogP contribution in [0.5, 0.6) is 0 Å². The Hall–Kier alpha value is -3.21. The second-order valence-electron chi connectivity index (χ2n) is 8.76. The molecule has 0 fully saturated rings. The van der Waals surface area contributed by atoms with Gasteiger partial charge in [-0.1, -0.05) is 36.7 Å². The van der Waals surface area contributed by atoms with Gasteiger partial charge in [0.15, 0.2) is 0 Å². The fourth-order valence-corrected chi connectivity index (χ4v) is 4.05. The van der Waals surface area contributed by atoms with E-state index in [9.17, 15) is 9.18 Å². The Bertz CT molecular complexity index is 1120. The number of rotatable bonds is 3. The van der Waals surface area contributed by atoms with Crippen LogP contribution in [0, 0.1) is 25.1 Å². The van der Waals surface area contributed by atoms with Gasteiger partial charge in [0.05, 0.1) is 11.3 Å². The van der Waals surface area contributed by atoms with Crippen LogP contribution in [0.25, 0.3) is 5.69 Å². The molecule has 154 valence electrons. The van der Waals surface area contributed by atoms with Crippen molar-refractivity contribution in [2.75, 3.05) is 0 Å². The van der Waals surface area contributed by atoms with Gasteiger partial charge in [0.1, 0.15) is 5.82 Å². The minimum atomic E-state index is -0.595. The lowest BCUT2D eigenvalue weighted by Gasteiger charge is -2.31. The normalized spacial score (nSPS) is 16.4. The van der Waals surface area contributed by atoms with E-state index in [0.29, 0.717) is 6.42 Å². The summed E-state index contributed by atoms with van der Waals surface area (Å²) in [5.41, 5.74) is 6.62. The number of nitrogens with zero attached hydrogens (tertiary/aromatic N) is 2. The first kappa shape index (κ1) is 20.1. The van der Waals surface area contributed by atoms with Crippen molar-refractivity contribution in [1.29, 1.82) is 0 Å². The topological polar surface area (TPSA) is 43.6 Å². The van der Waals surface area contributed by atoms with Crippen molar-refractivity contribution in [2.24, 2.45) is 10.6 Å². The average molecular weight is 404 g/mol. The van der Waals surface area contributed by atoms with E-state index in [4.69, 9.17) is 4.84 Å². The lowest BCUT2D eigenvalue weighted by molar-refractivity contribution is 0.0514. The number of carbonyl (C=O) groups is 1. The average Bonchev–Trinajstić information content (AvgIpc) is 3.02. The van der Waals surface area contributed by atoms with Crippen molar-refractivity contribution < 1.29 is 14.0 Å². The Morgan fingerprint density at radius 3 is 2.37 bits per heavy atom. The van der Waals surface area contributed by atoms with E-state index in [2.05, 4.69) is 67.7 Å².